The fourth-order valence-corrected chi connectivity index (χ4v) is 3.52. The summed E-state index contributed by atoms with van der Waals surface area (Å²) in [7, 11) is 0. The first-order chi connectivity index (χ1) is 15.8. The van der Waals surface area contributed by atoms with Crippen molar-refractivity contribution in [3.8, 4) is 11.5 Å². The molecule has 0 aliphatic carbocycles. The minimum atomic E-state index is -3.07. The minimum Gasteiger partial charge on any atom is -0.465 e. The number of carbonyl (C=O) groups is 1. The zero-order valence-corrected chi connectivity index (χ0v) is 17.9. The largest absolute Gasteiger partial charge is 0.465 e. The SMILES string of the molecule is CC(F)(F)c1cc(Nc2cc(NC3CCN(C(=O)O)CC3)nc(-c3ccccn3)n2)ccn1. The Morgan fingerprint density at radius 2 is 1.85 bits per heavy atom. The Bertz CT molecular complexity index is 1120. The van der Waals surface area contributed by atoms with Gasteiger partial charge in [0, 0.05) is 50.2 Å². The third-order valence-corrected chi connectivity index (χ3v) is 5.22. The molecule has 4 rings (SSSR count). The summed E-state index contributed by atoms with van der Waals surface area (Å²) in [6, 6.07) is 9.94. The Balaban J connectivity index is 1.60. The van der Waals surface area contributed by atoms with E-state index < -0.39 is 12.0 Å². The second kappa shape index (κ2) is 9.31. The predicted molar refractivity (Wildman–Crippen MR) is 119 cm³/mol. The van der Waals surface area contributed by atoms with Gasteiger partial charge in [0.2, 0.25) is 0 Å². The summed E-state index contributed by atoms with van der Waals surface area (Å²) in [6.45, 7) is 1.66. The molecule has 1 amide bonds. The average Bonchev–Trinajstić information content (AvgIpc) is 2.79. The molecule has 9 nitrogen and oxygen atoms in total. The van der Waals surface area contributed by atoms with Gasteiger partial charge < -0.3 is 20.6 Å². The Morgan fingerprint density at radius 1 is 1.09 bits per heavy atom. The van der Waals surface area contributed by atoms with E-state index in [4.69, 9.17) is 5.11 Å². The van der Waals surface area contributed by atoms with E-state index in [1.165, 1.54) is 17.2 Å². The standard InChI is InChI=1S/C22H23F2N7O2/c1-22(23,24)17-12-15(5-9-26-17)28-19-13-18(27-14-6-10-31(11-7-14)21(32)33)29-20(30-19)16-4-2-3-8-25-16/h2-5,8-9,12-14H,6-7,10-11H2,1H3,(H,32,33)(H2,26,27,28,29,30). The number of likely N-dealkylation sites (tertiary alicyclic amines) is 1. The quantitative estimate of drug-likeness (QED) is 0.503. The zero-order valence-electron chi connectivity index (χ0n) is 17.9. The van der Waals surface area contributed by atoms with E-state index in [0.29, 0.717) is 54.8 Å². The van der Waals surface area contributed by atoms with Gasteiger partial charge in [-0.2, -0.15) is 8.78 Å². The van der Waals surface area contributed by atoms with Crippen molar-refractivity contribution in [2.75, 3.05) is 23.7 Å². The van der Waals surface area contributed by atoms with Crippen LogP contribution in [0.1, 0.15) is 25.5 Å². The first-order valence-electron chi connectivity index (χ1n) is 10.4. The van der Waals surface area contributed by atoms with E-state index in [1.54, 1.807) is 30.5 Å². The number of aromatic nitrogens is 4. The van der Waals surface area contributed by atoms with Crippen LogP contribution in [0.4, 0.5) is 30.9 Å². The molecule has 3 aromatic rings. The molecule has 0 aromatic carbocycles. The Morgan fingerprint density at radius 3 is 2.52 bits per heavy atom. The van der Waals surface area contributed by atoms with Crippen molar-refractivity contribution in [3.63, 3.8) is 0 Å². The lowest BCUT2D eigenvalue weighted by atomic mass is 10.1. The Hall–Kier alpha value is -3.89. The van der Waals surface area contributed by atoms with Gasteiger partial charge in [-0.3, -0.25) is 9.97 Å². The number of alkyl halides is 2. The van der Waals surface area contributed by atoms with E-state index in [1.807, 2.05) is 6.07 Å². The summed E-state index contributed by atoms with van der Waals surface area (Å²) in [5.41, 5.74) is 0.614. The number of halogens is 2. The first-order valence-corrected chi connectivity index (χ1v) is 10.4. The van der Waals surface area contributed by atoms with Crippen LogP contribution in [0.25, 0.3) is 11.5 Å². The van der Waals surface area contributed by atoms with Crippen LogP contribution >= 0.6 is 0 Å². The van der Waals surface area contributed by atoms with E-state index in [9.17, 15) is 13.6 Å². The number of hydrogen-bond acceptors (Lipinski definition) is 7. The van der Waals surface area contributed by atoms with Crippen molar-refractivity contribution in [2.24, 2.45) is 0 Å². The van der Waals surface area contributed by atoms with Gasteiger partial charge >= 0.3 is 6.09 Å². The molecule has 3 aromatic heterocycles. The van der Waals surface area contributed by atoms with Crippen LogP contribution in [0.2, 0.25) is 0 Å². The van der Waals surface area contributed by atoms with Gasteiger partial charge in [-0.25, -0.2) is 14.8 Å². The second-order valence-corrected chi connectivity index (χ2v) is 7.81. The molecule has 0 spiro atoms. The Kier molecular flexibility index (Phi) is 6.29. The molecule has 172 valence electrons. The number of rotatable bonds is 6. The first kappa shape index (κ1) is 22.3. The summed E-state index contributed by atoms with van der Waals surface area (Å²) in [4.78, 5) is 29.6. The lowest BCUT2D eigenvalue weighted by Crippen LogP contribution is -2.41. The topological polar surface area (TPSA) is 116 Å². The van der Waals surface area contributed by atoms with Gasteiger partial charge in [-0.1, -0.05) is 6.07 Å². The normalized spacial score (nSPS) is 14.7. The fourth-order valence-electron chi connectivity index (χ4n) is 3.52. The summed E-state index contributed by atoms with van der Waals surface area (Å²) in [5, 5.41) is 15.5. The molecule has 4 heterocycles. The maximum atomic E-state index is 13.7. The van der Waals surface area contributed by atoms with Crippen LogP contribution in [0.15, 0.2) is 48.8 Å². The lowest BCUT2D eigenvalue weighted by Gasteiger charge is -2.30. The predicted octanol–water partition coefficient (Wildman–Crippen LogP) is 4.34. The van der Waals surface area contributed by atoms with Crippen LogP contribution in [0, 0.1) is 0 Å². The van der Waals surface area contributed by atoms with Crippen LogP contribution in [-0.2, 0) is 5.92 Å². The highest BCUT2D eigenvalue weighted by atomic mass is 19.3. The van der Waals surface area contributed by atoms with Crippen molar-refractivity contribution in [2.45, 2.75) is 31.7 Å². The van der Waals surface area contributed by atoms with Gasteiger partial charge in [0.15, 0.2) is 5.82 Å². The smallest absolute Gasteiger partial charge is 0.407 e. The van der Waals surface area contributed by atoms with E-state index in [2.05, 4.69) is 30.6 Å². The molecule has 0 atom stereocenters. The molecule has 1 fully saturated rings. The van der Waals surface area contributed by atoms with Crippen molar-refractivity contribution < 1.29 is 18.7 Å². The van der Waals surface area contributed by atoms with Gasteiger partial charge in [0.1, 0.15) is 23.0 Å². The van der Waals surface area contributed by atoms with Crippen molar-refractivity contribution in [3.05, 3.63) is 54.5 Å². The van der Waals surface area contributed by atoms with Crippen LogP contribution in [-0.4, -0.2) is 55.2 Å². The second-order valence-electron chi connectivity index (χ2n) is 7.81. The maximum absolute atomic E-state index is 13.7. The maximum Gasteiger partial charge on any atom is 0.407 e. The van der Waals surface area contributed by atoms with Crippen LogP contribution < -0.4 is 10.6 Å². The molecule has 0 bridgehead atoms. The molecule has 3 N–H and O–H groups in total. The molecule has 0 saturated carbocycles. The average molecular weight is 455 g/mol. The number of pyridine rings is 2. The van der Waals surface area contributed by atoms with E-state index in [-0.39, 0.29) is 11.7 Å². The van der Waals surface area contributed by atoms with Gasteiger partial charge in [-0.05, 0) is 37.1 Å². The molecule has 33 heavy (non-hydrogen) atoms. The minimum absolute atomic E-state index is 0.0336. The van der Waals surface area contributed by atoms with E-state index >= 15 is 0 Å². The summed E-state index contributed by atoms with van der Waals surface area (Å²) in [6.07, 6.45) is 3.29. The summed E-state index contributed by atoms with van der Waals surface area (Å²) < 4.78 is 27.4. The van der Waals surface area contributed by atoms with Crippen molar-refractivity contribution >= 4 is 23.4 Å². The van der Waals surface area contributed by atoms with Gasteiger partial charge in [-0.15, -0.1) is 0 Å². The number of hydrogen-bond donors (Lipinski definition) is 3. The number of nitrogens with zero attached hydrogens (tertiary/aromatic N) is 5. The number of piperidine rings is 1. The molecule has 0 radical (unpaired) electrons. The molecular weight excluding hydrogens is 432 g/mol. The van der Waals surface area contributed by atoms with Crippen LogP contribution in [0.5, 0.6) is 0 Å². The monoisotopic (exact) mass is 455 g/mol. The highest BCUT2D eigenvalue weighted by molar-refractivity contribution is 5.65. The van der Waals surface area contributed by atoms with E-state index in [0.717, 1.165) is 6.92 Å². The highest BCUT2D eigenvalue weighted by Crippen LogP contribution is 2.28. The number of carboxylic acid groups (broad SMARTS) is 1. The van der Waals surface area contributed by atoms with Crippen molar-refractivity contribution in [1.82, 2.24) is 24.8 Å². The third kappa shape index (κ3) is 5.68. The molecular formula is C22H23F2N7O2. The fraction of sp³-hybridized carbons (Fsp3) is 0.318. The molecule has 1 aliphatic heterocycles. The number of anilines is 3. The van der Waals surface area contributed by atoms with Crippen molar-refractivity contribution in [1.29, 1.82) is 0 Å². The Labute approximate surface area is 188 Å². The summed E-state index contributed by atoms with van der Waals surface area (Å²) in [5.74, 6) is -1.79. The van der Waals surface area contributed by atoms with Gasteiger partial charge in [0.25, 0.3) is 5.92 Å². The molecule has 1 saturated heterocycles. The number of amides is 1. The number of nitrogens with one attached hydrogen (secondary N) is 2. The molecule has 1 aliphatic rings. The third-order valence-electron chi connectivity index (χ3n) is 5.22. The highest BCUT2D eigenvalue weighted by Gasteiger charge is 2.26. The summed E-state index contributed by atoms with van der Waals surface area (Å²) >= 11 is 0. The zero-order chi connectivity index (χ0) is 23.4. The molecule has 0 unspecified atom stereocenters. The molecule has 11 heteroatoms. The lowest BCUT2D eigenvalue weighted by molar-refractivity contribution is 0.0128. The van der Waals surface area contributed by atoms with Gasteiger partial charge in [0.05, 0.1) is 0 Å². The van der Waals surface area contributed by atoms with Crippen LogP contribution in [0.3, 0.4) is 0 Å².